The first-order chi connectivity index (χ1) is 7.63. The lowest BCUT2D eigenvalue weighted by Crippen LogP contribution is -2.17. The number of carbonyl (C=O) groups is 1. The van der Waals surface area contributed by atoms with Gasteiger partial charge in [0.25, 0.3) is 0 Å². The van der Waals surface area contributed by atoms with Crippen LogP contribution in [0.15, 0.2) is 27.6 Å². The molecule has 0 unspecified atom stereocenters. The van der Waals surface area contributed by atoms with Gasteiger partial charge >= 0.3 is 5.97 Å². The van der Waals surface area contributed by atoms with Gasteiger partial charge in [0, 0.05) is 22.5 Å². The number of aliphatic carboxylic acids is 1. The van der Waals surface area contributed by atoms with Gasteiger partial charge in [-0.05, 0) is 24.0 Å². The number of carboxylic acid groups (broad SMARTS) is 1. The van der Waals surface area contributed by atoms with Crippen LogP contribution in [0.4, 0.5) is 0 Å². The average Bonchev–Trinajstić information content (AvgIpc) is 2.25. The van der Waals surface area contributed by atoms with Crippen molar-refractivity contribution in [1.29, 1.82) is 0 Å². The molecule has 0 aromatic heterocycles. The second-order valence-electron chi connectivity index (χ2n) is 3.28. The Morgan fingerprint density at radius 2 is 2.31 bits per heavy atom. The summed E-state index contributed by atoms with van der Waals surface area (Å²) in [7, 11) is 0. The number of halogens is 1. The monoisotopic (exact) mass is 303 g/mol. The van der Waals surface area contributed by atoms with E-state index in [1.165, 1.54) is 10.5 Å². The van der Waals surface area contributed by atoms with E-state index in [4.69, 9.17) is 5.11 Å². The van der Waals surface area contributed by atoms with E-state index >= 15 is 0 Å². The van der Waals surface area contributed by atoms with E-state index in [0.717, 1.165) is 4.47 Å². The summed E-state index contributed by atoms with van der Waals surface area (Å²) in [5.74, 6) is -0.770. The average molecular weight is 304 g/mol. The van der Waals surface area contributed by atoms with Gasteiger partial charge in [-0.3, -0.25) is 4.79 Å². The summed E-state index contributed by atoms with van der Waals surface area (Å²) in [6, 6.07) is 6.11. The fraction of sp³-hybridized carbons (Fsp3) is 0.364. The summed E-state index contributed by atoms with van der Waals surface area (Å²) in [5.41, 5.74) is 1.20. The van der Waals surface area contributed by atoms with E-state index in [1.54, 1.807) is 11.8 Å². The molecule has 0 radical (unpaired) electrons. The molecule has 0 aliphatic heterocycles. The van der Waals surface area contributed by atoms with Gasteiger partial charge in [0.05, 0.1) is 6.42 Å². The van der Waals surface area contributed by atoms with E-state index in [2.05, 4.69) is 27.3 Å². The highest BCUT2D eigenvalue weighted by Gasteiger charge is 2.02. The van der Waals surface area contributed by atoms with Gasteiger partial charge in [0.2, 0.25) is 0 Å². The number of benzene rings is 1. The number of carboxylic acids is 1. The SMILES string of the molecule is CSc1cc(Br)ccc1CNCCC(=O)O. The zero-order valence-electron chi connectivity index (χ0n) is 9.00. The van der Waals surface area contributed by atoms with Gasteiger partial charge in [-0.2, -0.15) is 0 Å². The predicted molar refractivity (Wildman–Crippen MR) is 69.9 cm³/mol. The summed E-state index contributed by atoms with van der Waals surface area (Å²) < 4.78 is 1.06. The molecular weight excluding hydrogens is 290 g/mol. The maximum absolute atomic E-state index is 10.3. The minimum Gasteiger partial charge on any atom is -0.481 e. The van der Waals surface area contributed by atoms with Crippen LogP contribution in [-0.4, -0.2) is 23.9 Å². The Bertz CT molecular complexity index is 371. The molecule has 88 valence electrons. The van der Waals surface area contributed by atoms with Crippen molar-refractivity contribution >= 4 is 33.7 Å². The van der Waals surface area contributed by atoms with Crippen molar-refractivity contribution in [1.82, 2.24) is 5.32 Å². The van der Waals surface area contributed by atoms with E-state index in [1.807, 2.05) is 18.4 Å². The highest BCUT2D eigenvalue weighted by atomic mass is 79.9. The molecule has 0 aliphatic rings. The molecule has 1 rings (SSSR count). The Kier molecular flexibility index (Phi) is 5.87. The highest BCUT2D eigenvalue weighted by Crippen LogP contribution is 2.24. The fourth-order valence-electron chi connectivity index (χ4n) is 1.28. The van der Waals surface area contributed by atoms with Gasteiger partial charge in [0.1, 0.15) is 0 Å². The zero-order chi connectivity index (χ0) is 12.0. The largest absolute Gasteiger partial charge is 0.481 e. The number of rotatable bonds is 6. The van der Waals surface area contributed by atoms with Crippen LogP contribution in [0.2, 0.25) is 0 Å². The number of nitrogens with one attached hydrogen (secondary N) is 1. The molecular formula is C11H14BrNO2S. The maximum Gasteiger partial charge on any atom is 0.304 e. The first-order valence-electron chi connectivity index (χ1n) is 4.88. The van der Waals surface area contributed by atoms with E-state index < -0.39 is 5.97 Å². The summed E-state index contributed by atoms with van der Waals surface area (Å²) in [4.78, 5) is 11.5. The Morgan fingerprint density at radius 1 is 1.56 bits per heavy atom. The summed E-state index contributed by atoms with van der Waals surface area (Å²) in [6.45, 7) is 1.20. The van der Waals surface area contributed by atoms with E-state index in [9.17, 15) is 4.79 Å². The van der Waals surface area contributed by atoms with Gasteiger partial charge < -0.3 is 10.4 Å². The van der Waals surface area contributed by atoms with Crippen LogP contribution in [0.1, 0.15) is 12.0 Å². The van der Waals surface area contributed by atoms with Crippen molar-refractivity contribution in [3.63, 3.8) is 0 Å². The van der Waals surface area contributed by atoms with Gasteiger partial charge in [0.15, 0.2) is 0 Å². The van der Waals surface area contributed by atoms with Crippen LogP contribution < -0.4 is 5.32 Å². The van der Waals surface area contributed by atoms with Crippen LogP contribution in [-0.2, 0) is 11.3 Å². The second-order valence-corrected chi connectivity index (χ2v) is 5.04. The third-order valence-corrected chi connectivity index (χ3v) is 3.39. The van der Waals surface area contributed by atoms with Crippen LogP contribution in [0.5, 0.6) is 0 Å². The molecule has 3 nitrogen and oxygen atoms in total. The zero-order valence-corrected chi connectivity index (χ0v) is 11.4. The third-order valence-electron chi connectivity index (χ3n) is 2.08. The van der Waals surface area contributed by atoms with Gasteiger partial charge in [-0.15, -0.1) is 11.8 Å². The molecule has 0 atom stereocenters. The molecule has 5 heteroatoms. The standard InChI is InChI=1S/C11H14BrNO2S/c1-16-10-6-9(12)3-2-8(10)7-13-5-4-11(14)15/h2-3,6,13H,4-5,7H2,1H3,(H,14,15). The molecule has 0 amide bonds. The normalized spacial score (nSPS) is 10.4. The van der Waals surface area contributed by atoms with E-state index in [-0.39, 0.29) is 6.42 Å². The molecule has 2 N–H and O–H groups in total. The highest BCUT2D eigenvalue weighted by molar-refractivity contribution is 9.10. The lowest BCUT2D eigenvalue weighted by molar-refractivity contribution is -0.136. The van der Waals surface area contributed by atoms with Crippen molar-refractivity contribution in [2.24, 2.45) is 0 Å². The molecule has 0 saturated carbocycles. The minimum atomic E-state index is -0.770. The van der Waals surface area contributed by atoms with Crippen molar-refractivity contribution in [2.75, 3.05) is 12.8 Å². The van der Waals surface area contributed by atoms with Crippen LogP contribution in [0.25, 0.3) is 0 Å². The summed E-state index contributed by atoms with van der Waals surface area (Å²) >= 11 is 5.11. The van der Waals surface area contributed by atoms with Crippen LogP contribution in [0.3, 0.4) is 0 Å². The van der Waals surface area contributed by atoms with Gasteiger partial charge in [-0.25, -0.2) is 0 Å². The molecule has 0 heterocycles. The van der Waals surface area contributed by atoms with Crippen molar-refractivity contribution < 1.29 is 9.90 Å². The number of hydrogen-bond donors (Lipinski definition) is 2. The third kappa shape index (κ3) is 4.55. The molecule has 0 spiro atoms. The molecule has 0 bridgehead atoms. The minimum absolute atomic E-state index is 0.158. The first kappa shape index (κ1) is 13.5. The second kappa shape index (κ2) is 6.93. The Morgan fingerprint density at radius 3 is 2.94 bits per heavy atom. The molecule has 16 heavy (non-hydrogen) atoms. The Balaban J connectivity index is 2.50. The maximum atomic E-state index is 10.3. The van der Waals surface area contributed by atoms with Crippen molar-refractivity contribution in [2.45, 2.75) is 17.9 Å². The molecule has 0 aliphatic carbocycles. The molecule has 1 aromatic carbocycles. The topological polar surface area (TPSA) is 49.3 Å². The summed E-state index contributed by atoms with van der Waals surface area (Å²) in [5, 5.41) is 11.6. The van der Waals surface area contributed by atoms with E-state index in [0.29, 0.717) is 13.1 Å². The van der Waals surface area contributed by atoms with Crippen LogP contribution >= 0.6 is 27.7 Å². The molecule has 0 fully saturated rings. The number of hydrogen-bond acceptors (Lipinski definition) is 3. The lowest BCUT2D eigenvalue weighted by atomic mass is 10.2. The summed E-state index contributed by atoms with van der Waals surface area (Å²) in [6.07, 6.45) is 2.19. The predicted octanol–water partition coefficient (Wildman–Crippen LogP) is 2.74. The number of thioether (sulfide) groups is 1. The van der Waals surface area contributed by atoms with Crippen molar-refractivity contribution in [3.8, 4) is 0 Å². The first-order valence-corrected chi connectivity index (χ1v) is 6.90. The van der Waals surface area contributed by atoms with Gasteiger partial charge in [-0.1, -0.05) is 22.0 Å². The Labute approximate surface area is 108 Å². The molecule has 1 aromatic rings. The fourth-order valence-corrected chi connectivity index (χ4v) is 2.44. The van der Waals surface area contributed by atoms with Crippen molar-refractivity contribution in [3.05, 3.63) is 28.2 Å². The van der Waals surface area contributed by atoms with Crippen LogP contribution in [0, 0.1) is 0 Å². The Hall–Kier alpha value is -0.520. The molecule has 0 saturated heterocycles. The quantitative estimate of drug-likeness (QED) is 0.627. The lowest BCUT2D eigenvalue weighted by Gasteiger charge is -2.08. The smallest absolute Gasteiger partial charge is 0.304 e.